The van der Waals surface area contributed by atoms with Gasteiger partial charge in [-0.3, -0.25) is 4.79 Å². The molecule has 8 heteroatoms. The number of hydrogen-bond donors (Lipinski definition) is 0. The number of amides is 1. The van der Waals surface area contributed by atoms with Crippen LogP contribution in [0.2, 0.25) is 10.2 Å². The predicted octanol–water partition coefficient (Wildman–Crippen LogP) is 3.56. The maximum atomic E-state index is 12.5. The molecule has 19 heavy (non-hydrogen) atoms. The van der Waals surface area contributed by atoms with E-state index in [-0.39, 0.29) is 21.8 Å². The van der Waals surface area contributed by atoms with Crippen LogP contribution >= 0.6 is 23.2 Å². The average Bonchev–Trinajstić information content (AvgIpc) is 3.11. The minimum absolute atomic E-state index is 0.00514. The summed E-state index contributed by atoms with van der Waals surface area (Å²) in [5.41, 5.74) is 0.00514. The Bertz CT molecular complexity index is 503. The van der Waals surface area contributed by atoms with Crippen molar-refractivity contribution in [3.8, 4) is 0 Å². The second-order valence-electron chi connectivity index (χ2n) is 4.28. The zero-order valence-corrected chi connectivity index (χ0v) is 11.1. The third kappa shape index (κ3) is 3.73. The van der Waals surface area contributed by atoms with Crippen molar-refractivity contribution in [3.05, 3.63) is 28.0 Å². The van der Waals surface area contributed by atoms with E-state index in [1.807, 2.05) is 0 Å². The smallest absolute Gasteiger partial charge is 0.327 e. The summed E-state index contributed by atoms with van der Waals surface area (Å²) < 4.78 is 37.4. The van der Waals surface area contributed by atoms with Crippen molar-refractivity contribution in [1.29, 1.82) is 0 Å². The molecule has 0 aromatic carbocycles. The summed E-state index contributed by atoms with van der Waals surface area (Å²) in [6, 6.07) is 0.869. The average molecular weight is 313 g/mol. The first-order valence-electron chi connectivity index (χ1n) is 5.46. The van der Waals surface area contributed by atoms with Crippen LogP contribution in [0.5, 0.6) is 0 Å². The number of carbonyl (C=O) groups excluding carboxylic acids is 1. The standard InChI is InChI=1S/C11H9Cl2F3N2O/c12-8-3-6(4-17-9(8)13)10(19)18(7-1-2-7)5-11(14,15)16/h3-4,7H,1-2,5H2. The number of carbonyl (C=O) groups is 1. The van der Waals surface area contributed by atoms with E-state index >= 15 is 0 Å². The summed E-state index contributed by atoms with van der Waals surface area (Å²) in [5, 5.41) is 0.0438. The van der Waals surface area contributed by atoms with Crippen LogP contribution in [-0.4, -0.2) is 34.6 Å². The van der Waals surface area contributed by atoms with Crippen LogP contribution in [0.25, 0.3) is 0 Å². The van der Waals surface area contributed by atoms with E-state index in [1.165, 1.54) is 6.07 Å². The highest BCUT2D eigenvalue weighted by molar-refractivity contribution is 6.41. The molecule has 1 aromatic heterocycles. The lowest BCUT2D eigenvalue weighted by atomic mass is 10.2. The molecule has 104 valence electrons. The van der Waals surface area contributed by atoms with E-state index in [0.29, 0.717) is 12.8 Å². The summed E-state index contributed by atoms with van der Waals surface area (Å²) in [6.07, 6.45) is -2.14. The molecular formula is C11H9Cl2F3N2O. The van der Waals surface area contributed by atoms with Crippen molar-refractivity contribution in [2.75, 3.05) is 6.54 Å². The molecule has 0 saturated heterocycles. The van der Waals surface area contributed by atoms with Crippen LogP contribution in [0.15, 0.2) is 12.3 Å². The third-order valence-corrected chi connectivity index (χ3v) is 3.33. The van der Waals surface area contributed by atoms with Crippen LogP contribution in [-0.2, 0) is 0 Å². The largest absolute Gasteiger partial charge is 0.406 e. The van der Waals surface area contributed by atoms with Gasteiger partial charge in [-0.1, -0.05) is 23.2 Å². The Morgan fingerprint density at radius 1 is 1.42 bits per heavy atom. The number of halogens is 5. The van der Waals surface area contributed by atoms with Gasteiger partial charge in [0.25, 0.3) is 5.91 Å². The third-order valence-electron chi connectivity index (χ3n) is 2.64. The molecule has 0 unspecified atom stereocenters. The lowest BCUT2D eigenvalue weighted by molar-refractivity contribution is -0.141. The van der Waals surface area contributed by atoms with Gasteiger partial charge in [0.05, 0.1) is 10.6 Å². The topological polar surface area (TPSA) is 33.2 Å². The van der Waals surface area contributed by atoms with E-state index in [2.05, 4.69) is 4.98 Å². The molecule has 1 fully saturated rings. The normalized spacial score (nSPS) is 15.4. The van der Waals surface area contributed by atoms with Crippen LogP contribution in [0, 0.1) is 0 Å². The zero-order chi connectivity index (χ0) is 14.2. The summed E-state index contributed by atoms with van der Waals surface area (Å²) >= 11 is 11.3. The molecule has 1 aliphatic carbocycles. The number of rotatable bonds is 3. The van der Waals surface area contributed by atoms with Gasteiger partial charge in [0.2, 0.25) is 0 Å². The Hall–Kier alpha value is -1.01. The second-order valence-corrected chi connectivity index (χ2v) is 5.04. The zero-order valence-electron chi connectivity index (χ0n) is 9.55. The Kier molecular flexibility index (Phi) is 3.92. The molecule has 1 aromatic rings. The summed E-state index contributed by atoms with van der Waals surface area (Å²) in [7, 11) is 0. The van der Waals surface area contributed by atoms with Crippen molar-refractivity contribution >= 4 is 29.1 Å². The van der Waals surface area contributed by atoms with Gasteiger partial charge in [-0.05, 0) is 18.9 Å². The van der Waals surface area contributed by atoms with Crippen molar-refractivity contribution < 1.29 is 18.0 Å². The molecular weight excluding hydrogens is 304 g/mol. The Morgan fingerprint density at radius 3 is 2.53 bits per heavy atom. The fraction of sp³-hybridized carbons (Fsp3) is 0.455. The summed E-state index contributed by atoms with van der Waals surface area (Å²) in [4.78, 5) is 16.5. The van der Waals surface area contributed by atoms with E-state index in [9.17, 15) is 18.0 Å². The fourth-order valence-electron chi connectivity index (χ4n) is 1.65. The highest BCUT2D eigenvalue weighted by Crippen LogP contribution is 2.32. The van der Waals surface area contributed by atoms with Gasteiger partial charge in [0.15, 0.2) is 0 Å². The SMILES string of the molecule is O=C(c1cnc(Cl)c(Cl)c1)N(CC(F)(F)F)C1CC1. The maximum absolute atomic E-state index is 12.5. The van der Waals surface area contributed by atoms with Gasteiger partial charge in [-0.25, -0.2) is 4.98 Å². The molecule has 0 aliphatic heterocycles. The fourth-order valence-corrected chi connectivity index (χ4v) is 1.92. The number of nitrogens with zero attached hydrogens (tertiary/aromatic N) is 2. The molecule has 0 radical (unpaired) electrons. The van der Waals surface area contributed by atoms with Crippen LogP contribution in [0.3, 0.4) is 0 Å². The lowest BCUT2D eigenvalue weighted by Crippen LogP contribution is -2.40. The van der Waals surface area contributed by atoms with Gasteiger partial charge in [-0.2, -0.15) is 13.2 Å². The van der Waals surface area contributed by atoms with Crippen LogP contribution in [0.1, 0.15) is 23.2 Å². The van der Waals surface area contributed by atoms with Gasteiger partial charge in [0, 0.05) is 12.2 Å². The number of hydrogen-bond acceptors (Lipinski definition) is 2. The molecule has 1 amide bonds. The molecule has 3 nitrogen and oxygen atoms in total. The van der Waals surface area contributed by atoms with Crippen molar-refractivity contribution in [2.45, 2.75) is 25.1 Å². The number of alkyl halides is 3. The summed E-state index contributed by atoms with van der Waals surface area (Å²) in [5.74, 6) is -0.731. The highest BCUT2D eigenvalue weighted by Gasteiger charge is 2.41. The lowest BCUT2D eigenvalue weighted by Gasteiger charge is -2.23. The first-order valence-corrected chi connectivity index (χ1v) is 6.22. The molecule has 0 bridgehead atoms. The van der Waals surface area contributed by atoms with Gasteiger partial charge >= 0.3 is 6.18 Å². The molecule has 0 atom stereocenters. The number of pyridine rings is 1. The second kappa shape index (κ2) is 5.17. The Morgan fingerprint density at radius 2 is 2.05 bits per heavy atom. The molecule has 1 heterocycles. The van der Waals surface area contributed by atoms with Gasteiger partial charge < -0.3 is 4.90 Å². The van der Waals surface area contributed by atoms with Crippen molar-refractivity contribution in [2.24, 2.45) is 0 Å². The summed E-state index contributed by atoms with van der Waals surface area (Å²) in [6.45, 7) is -1.27. The van der Waals surface area contributed by atoms with E-state index in [4.69, 9.17) is 23.2 Å². The quantitative estimate of drug-likeness (QED) is 0.800. The van der Waals surface area contributed by atoms with Crippen LogP contribution in [0.4, 0.5) is 13.2 Å². The van der Waals surface area contributed by atoms with Crippen LogP contribution < -0.4 is 0 Å². The molecule has 1 saturated carbocycles. The molecule has 0 N–H and O–H groups in total. The van der Waals surface area contributed by atoms with Gasteiger partial charge in [-0.15, -0.1) is 0 Å². The Labute approximate surface area is 117 Å². The predicted molar refractivity (Wildman–Crippen MR) is 64.4 cm³/mol. The van der Waals surface area contributed by atoms with E-state index in [1.54, 1.807) is 0 Å². The molecule has 1 aliphatic rings. The van der Waals surface area contributed by atoms with Gasteiger partial charge in [0.1, 0.15) is 11.7 Å². The van der Waals surface area contributed by atoms with E-state index in [0.717, 1.165) is 11.1 Å². The molecule has 2 rings (SSSR count). The van der Waals surface area contributed by atoms with Crippen molar-refractivity contribution in [1.82, 2.24) is 9.88 Å². The minimum Gasteiger partial charge on any atom is -0.327 e. The highest BCUT2D eigenvalue weighted by atomic mass is 35.5. The molecule has 0 spiro atoms. The first-order chi connectivity index (χ1) is 8.78. The maximum Gasteiger partial charge on any atom is 0.406 e. The van der Waals surface area contributed by atoms with Crippen molar-refractivity contribution in [3.63, 3.8) is 0 Å². The van der Waals surface area contributed by atoms with E-state index < -0.39 is 18.6 Å². The first kappa shape index (κ1) is 14.4. The minimum atomic E-state index is -4.43. The monoisotopic (exact) mass is 312 g/mol. The Balaban J connectivity index is 2.21. The number of aromatic nitrogens is 1.